The summed E-state index contributed by atoms with van der Waals surface area (Å²) in [6, 6.07) is 18.5. The maximum atomic E-state index is 13.2. The van der Waals surface area contributed by atoms with Gasteiger partial charge in [-0.3, -0.25) is 9.69 Å². The van der Waals surface area contributed by atoms with Crippen LogP contribution < -0.4 is 0 Å². The van der Waals surface area contributed by atoms with Crippen LogP contribution in [0.25, 0.3) is 21.1 Å². The Morgan fingerprint density at radius 3 is 2.71 bits per heavy atom. The van der Waals surface area contributed by atoms with Gasteiger partial charge in [0.1, 0.15) is 0 Å². The Morgan fingerprint density at radius 2 is 1.90 bits per heavy atom. The van der Waals surface area contributed by atoms with E-state index in [9.17, 15) is 4.79 Å². The first-order chi connectivity index (χ1) is 15.2. The molecule has 4 aromatic rings. The van der Waals surface area contributed by atoms with Crippen LogP contribution in [0.3, 0.4) is 0 Å². The van der Waals surface area contributed by atoms with Crippen LogP contribution in [-0.4, -0.2) is 39.9 Å². The number of fused-ring (bicyclic) bond motifs is 2. The van der Waals surface area contributed by atoms with E-state index in [2.05, 4.69) is 29.2 Å². The number of likely N-dealkylation sites (tertiary alicyclic amines) is 1. The Hall–Kier alpha value is -3.01. The number of Topliss-reactive ketones (excluding diaryl/α,β-unsaturated/α-hetero) is 1. The van der Waals surface area contributed by atoms with Gasteiger partial charge in [0.2, 0.25) is 0 Å². The standard InChI is InChI=1S/C25H24N4OS/c26-12-5-13-29-16-20(19-6-1-3-8-22(19)29)23(30)17-28-14-10-18(11-15-28)25-27-21-7-2-4-9-24(21)31-25/h1-4,6-9,16,18H,5,10-11,13-15,17H2. The number of benzene rings is 2. The lowest BCUT2D eigenvalue weighted by Gasteiger charge is -2.30. The Kier molecular flexibility index (Phi) is 5.54. The number of hydrogen-bond donors (Lipinski definition) is 0. The van der Waals surface area contributed by atoms with Gasteiger partial charge < -0.3 is 4.57 Å². The molecule has 3 heterocycles. The molecule has 2 aromatic heterocycles. The van der Waals surface area contributed by atoms with Crippen molar-refractivity contribution >= 4 is 38.2 Å². The van der Waals surface area contributed by atoms with Crippen LogP contribution in [0.5, 0.6) is 0 Å². The SMILES string of the molecule is N#CCCn1cc(C(=O)CN2CCC(c3nc4ccccc4s3)CC2)c2ccccc21. The molecule has 1 saturated heterocycles. The summed E-state index contributed by atoms with van der Waals surface area (Å²) in [4.78, 5) is 20.3. The van der Waals surface area contributed by atoms with Crippen molar-refractivity contribution < 1.29 is 4.79 Å². The molecular weight excluding hydrogens is 404 g/mol. The molecule has 0 bridgehead atoms. The van der Waals surface area contributed by atoms with Crippen LogP contribution in [0.15, 0.2) is 54.7 Å². The quantitative estimate of drug-likeness (QED) is 0.395. The minimum absolute atomic E-state index is 0.158. The van der Waals surface area contributed by atoms with E-state index in [1.165, 1.54) is 9.71 Å². The van der Waals surface area contributed by atoms with Gasteiger partial charge in [0.05, 0.1) is 34.3 Å². The molecule has 5 nitrogen and oxygen atoms in total. The van der Waals surface area contributed by atoms with Crippen LogP contribution in [0.2, 0.25) is 0 Å². The molecule has 0 aliphatic carbocycles. The highest BCUT2D eigenvalue weighted by atomic mass is 32.1. The molecule has 0 unspecified atom stereocenters. The fourth-order valence-electron chi connectivity index (χ4n) is 4.52. The first kappa shape index (κ1) is 19.9. The van der Waals surface area contributed by atoms with E-state index in [4.69, 9.17) is 10.2 Å². The van der Waals surface area contributed by atoms with Crippen LogP contribution in [-0.2, 0) is 6.54 Å². The van der Waals surface area contributed by atoms with Crippen molar-refractivity contribution in [1.29, 1.82) is 5.26 Å². The normalized spacial score (nSPS) is 15.5. The van der Waals surface area contributed by atoms with Crippen molar-refractivity contribution in [2.45, 2.75) is 31.7 Å². The van der Waals surface area contributed by atoms with Gasteiger partial charge in [0.25, 0.3) is 0 Å². The summed E-state index contributed by atoms with van der Waals surface area (Å²) in [5.41, 5.74) is 2.88. The average Bonchev–Trinajstić information content (AvgIpc) is 3.40. The largest absolute Gasteiger partial charge is 0.346 e. The minimum Gasteiger partial charge on any atom is -0.346 e. The monoisotopic (exact) mass is 428 g/mol. The van der Waals surface area contributed by atoms with E-state index >= 15 is 0 Å². The van der Waals surface area contributed by atoms with Crippen molar-refractivity contribution in [3.63, 3.8) is 0 Å². The Bertz CT molecular complexity index is 1240. The molecule has 0 radical (unpaired) electrons. The van der Waals surface area contributed by atoms with Gasteiger partial charge in [0.15, 0.2) is 5.78 Å². The van der Waals surface area contributed by atoms with Gasteiger partial charge >= 0.3 is 0 Å². The van der Waals surface area contributed by atoms with Crippen molar-refractivity contribution in [2.75, 3.05) is 19.6 Å². The van der Waals surface area contributed by atoms with Crippen LogP contribution in [0, 0.1) is 11.3 Å². The van der Waals surface area contributed by atoms with E-state index in [1.54, 1.807) is 11.3 Å². The number of aryl methyl sites for hydroxylation is 1. The number of carbonyl (C=O) groups excluding carboxylic acids is 1. The molecule has 0 N–H and O–H groups in total. The zero-order chi connectivity index (χ0) is 21.2. The topological polar surface area (TPSA) is 61.9 Å². The molecule has 0 amide bonds. The summed E-state index contributed by atoms with van der Waals surface area (Å²) in [6.07, 6.45) is 4.44. The number of hydrogen-bond acceptors (Lipinski definition) is 5. The molecule has 156 valence electrons. The number of thiazole rings is 1. The van der Waals surface area contributed by atoms with Crippen molar-refractivity contribution in [3.8, 4) is 6.07 Å². The molecule has 1 fully saturated rings. The van der Waals surface area contributed by atoms with Gasteiger partial charge in [-0.15, -0.1) is 11.3 Å². The van der Waals surface area contributed by atoms with Crippen molar-refractivity contribution in [3.05, 3.63) is 65.3 Å². The summed E-state index contributed by atoms with van der Waals surface area (Å²) in [7, 11) is 0. The molecule has 0 spiro atoms. The number of piperidine rings is 1. The Labute approximate surface area is 185 Å². The van der Waals surface area contributed by atoms with Gasteiger partial charge in [-0.2, -0.15) is 5.26 Å². The number of aromatic nitrogens is 2. The zero-order valence-corrected chi connectivity index (χ0v) is 18.1. The molecule has 1 aliphatic heterocycles. The summed E-state index contributed by atoms with van der Waals surface area (Å²) >= 11 is 1.80. The molecule has 0 atom stereocenters. The summed E-state index contributed by atoms with van der Waals surface area (Å²) in [5.74, 6) is 0.641. The van der Waals surface area contributed by atoms with E-state index in [0.29, 0.717) is 25.4 Å². The van der Waals surface area contributed by atoms with Gasteiger partial charge in [0, 0.05) is 35.1 Å². The summed E-state index contributed by atoms with van der Waals surface area (Å²) in [5, 5.41) is 11.1. The van der Waals surface area contributed by atoms with E-state index in [-0.39, 0.29) is 5.78 Å². The zero-order valence-electron chi connectivity index (χ0n) is 17.3. The fourth-order valence-corrected chi connectivity index (χ4v) is 5.65. The highest BCUT2D eigenvalue weighted by Crippen LogP contribution is 2.34. The molecule has 0 saturated carbocycles. The summed E-state index contributed by atoms with van der Waals surface area (Å²) in [6.45, 7) is 2.88. The van der Waals surface area contributed by atoms with Gasteiger partial charge in [-0.1, -0.05) is 30.3 Å². The molecule has 31 heavy (non-hydrogen) atoms. The lowest BCUT2D eigenvalue weighted by Crippen LogP contribution is -2.36. The minimum atomic E-state index is 0.158. The maximum Gasteiger partial charge on any atom is 0.178 e. The maximum absolute atomic E-state index is 13.2. The smallest absolute Gasteiger partial charge is 0.178 e. The van der Waals surface area contributed by atoms with E-state index in [0.717, 1.165) is 47.9 Å². The van der Waals surface area contributed by atoms with Gasteiger partial charge in [-0.05, 0) is 44.1 Å². The fraction of sp³-hybridized carbons (Fsp3) is 0.320. The Balaban J connectivity index is 1.26. The molecule has 6 heteroatoms. The molecular formula is C25H24N4OS. The van der Waals surface area contributed by atoms with E-state index < -0.39 is 0 Å². The van der Waals surface area contributed by atoms with Crippen LogP contribution in [0.1, 0.15) is 40.5 Å². The first-order valence-corrected chi connectivity index (χ1v) is 11.6. The lowest BCUT2D eigenvalue weighted by atomic mass is 9.97. The summed E-state index contributed by atoms with van der Waals surface area (Å²) < 4.78 is 3.29. The number of para-hydroxylation sites is 2. The van der Waals surface area contributed by atoms with Crippen LogP contribution in [0.4, 0.5) is 0 Å². The predicted octanol–water partition coefficient (Wildman–Crippen LogP) is 5.23. The number of nitriles is 1. The van der Waals surface area contributed by atoms with Gasteiger partial charge in [-0.25, -0.2) is 4.98 Å². The number of ketones is 1. The third kappa shape index (κ3) is 3.99. The van der Waals surface area contributed by atoms with Crippen LogP contribution >= 0.6 is 11.3 Å². The highest BCUT2D eigenvalue weighted by molar-refractivity contribution is 7.18. The second-order valence-corrected chi connectivity index (χ2v) is 9.22. The number of rotatable bonds is 6. The lowest BCUT2D eigenvalue weighted by molar-refractivity contribution is 0.0911. The Morgan fingerprint density at radius 1 is 1.13 bits per heavy atom. The molecule has 5 rings (SSSR count). The predicted molar refractivity (Wildman–Crippen MR) is 125 cm³/mol. The van der Waals surface area contributed by atoms with Crippen molar-refractivity contribution in [2.24, 2.45) is 0 Å². The molecule has 1 aliphatic rings. The van der Waals surface area contributed by atoms with E-state index in [1.807, 2.05) is 41.1 Å². The third-order valence-corrected chi connectivity index (χ3v) is 7.37. The van der Waals surface area contributed by atoms with Crippen molar-refractivity contribution in [1.82, 2.24) is 14.5 Å². The molecule has 2 aromatic carbocycles. The number of nitrogens with zero attached hydrogens (tertiary/aromatic N) is 4. The average molecular weight is 429 g/mol. The highest BCUT2D eigenvalue weighted by Gasteiger charge is 2.25. The first-order valence-electron chi connectivity index (χ1n) is 10.8. The number of carbonyl (C=O) groups is 1. The second-order valence-electron chi connectivity index (χ2n) is 8.15. The third-order valence-electron chi connectivity index (χ3n) is 6.17. The second kappa shape index (κ2) is 8.62.